The van der Waals surface area contributed by atoms with Gasteiger partial charge in [-0.15, -0.1) is 0 Å². The topological polar surface area (TPSA) is 27.7 Å². The maximum Gasteiger partial charge on any atom is 0.231 e. The van der Waals surface area contributed by atoms with Gasteiger partial charge in [0.25, 0.3) is 0 Å². The van der Waals surface area contributed by atoms with Crippen LogP contribution >= 0.6 is 15.9 Å². The third-order valence-corrected chi connectivity index (χ3v) is 3.46. The normalized spacial score (nSPS) is 22.7. The molecule has 3 nitrogen and oxygen atoms in total. The van der Waals surface area contributed by atoms with Crippen molar-refractivity contribution < 1.29 is 14.2 Å². The predicted octanol–water partition coefficient (Wildman–Crippen LogP) is 2.63. The van der Waals surface area contributed by atoms with E-state index in [0.29, 0.717) is 6.61 Å². The van der Waals surface area contributed by atoms with Crippen molar-refractivity contribution in [1.82, 2.24) is 0 Å². The summed E-state index contributed by atoms with van der Waals surface area (Å²) in [6, 6.07) is 1.96. The van der Waals surface area contributed by atoms with Crippen molar-refractivity contribution in [3.8, 4) is 11.5 Å². The highest BCUT2D eigenvalue weighted by Gasteiger charge is 2.29. The number of ether oxygens (including phenoxy) is 3. The molecule has 1 aromatic carbocycles. The van der Waals surface area contributed by atoms with Gasteiger partial charge < -0.3 is 14.2 Å². The van der Waals surface area contributed by atoms with Crippen LogP contribution in [0.1, 0.15) is 17.2 Å². The Bertz CT molecular complexity index is 413. The fourth-order valence-electron chi connectivity index (χ4n) is 2.06. The van der Waals surface area contributed by atoms with Crippen LogP contribution in [0.4, 0.5) is 0 Å². The van der Waals surface area contributed by atoms with Crippen LogP contribution in [0.25, 0.3) is 0 Å². The lowest BCUT2D eigenvalue weighted by Crippen LogP contribution is -2.15. The Morgan fingerprint density at radius 1 is 1.40 bits per heavy atom. The fraction of sp³-hybridized carbons (Fsp3) is 0.364. The smallest absolute Gasteiger partial charge is 0.231 e. The second kappa shape index (κ2) is 3.39. The van der Waals surface area contributed by atoms with E-state index in [-0.39, 0.29) is 12.9 Å². The maximum atomic E-state index is 5.52. The molecule has 15 heavy (non-hydrogen) atoms. The van der Waals surface area contributed by atoms with E-state index < -0.39 is 0 Å². The Balaban J connectivity index is 2.25. The first-order chi connectivity index (χ1) is 7.27. The van der Waals surface area contributed by atoms with Crippen LogP contribution in [0, 0.1) is 6.92 Å². The predicted molar refractivity (Wildman–Crippen MR) is 58.0 cm³/mol. The molecule has 2 aliphatic heterocycles. The van der Waals surface area contributed by atoms with Crippen LogP contribution in [-0.2, 0) is 11.2 Å². The van der Waals surface area contributed by atoms with E-state index in [2.05, 4.69) is 22.9 Å². The first-order valence-corrected chi connectivity index (χ1v) is 5.62. The largest absolute Gasteiger partial charge is 0.454 e. The van der Waals surface area contributed by atoms with Gasteiger partial charge in [-0.05, 0) is 25.0 Å². The molecule has 2 aliphatic rings. The Morgan fingerprint density at radius 3 is 3.13 bits per heavy atom. The number of halogens is 1. The number of hydrogen-bond donors (Lipinski definition) is 0. The molecule has 0 amide bonds. The first-order valence-electron chi connectivity index (χ1n) is 4.83. The van der Waals surface area contributed by atoms with Gasteiger partial charge in [0.2, 0.25) is 6.79 Å². The minimum atomic E-state index is -0.165. The van der Waals surface area contributed by atoms with Gasteiger partial charge in [-0.3, -0.25) is 0 Å². The van der Waals surface area contributed by atoms with E-state index >= 15 is 0 Å². The lowest BCUT2D eigenvalue weighted by molar-refractivity contribution is 0.0700. The van der Waals surface area contributed by atoms with Crippen LogP contribution in [-0.4, -0.2) is 13.4 Å². The molecule has 0 saturated heterocycles. The SMILES string of the molecule is [CH2]C1OCCc2c(Br)cc3c(c21)OCO3. The summed E-state index contributed by atoms with van der Waals surface area (Å²) < 4.78 is 17.4. The highest BCUT2D eigenvalue weighted by molar-refractivity contribution is 9.10. The Kier molecular flexibility index (Phi) is 2.14. The summed E-state index contributed by atoms with van der Waals surface area (Å²) in [5.74, 6) is 1.58. The third kappa shape index (κ3) is 1.35. The van der Waals surface area contributed by atoms with Crippen molar-refractivity contribution >= 4 is 15.9 Å². The minimum absolute atomic E-state index is 0.165. The zero-order chi connectivity index (χ0) is 10.4. The average molecular weight is 270 g/mol. The lowest BCUT2D eigenvalue weighted by atomic mass is 9.97. The monoisotopic (exact) mass is 269 g/mol. The standard InChI is InChI=1S/C11H10BrO3/c1-6-10-7(2-3-13-6)8(12)4-9-11(10)15-5-14-9/h4,6H,1-3,5H2. The van der Waals surface area contributed by atoms with Gasteiger partial charge in [0.05, 0.1) is 12.7 Å². The Hall–Kier alpha value is -0.740. The number of benzene rings is 1. The van der Waals surface area contributed by atoms with Gasteiger partial charge in [-0.2, -0.15) is 0 Å². The van der Waals surface area contributed by atoms with Crippen LogP contribution in [0.15, 0.2) is 10.5 Å². The van der Waals surface area contributed by atoms with E-state index in [1.165, 1.54) is 5.56 Å². The average Bonchev–Trinajstić information content (AvgIpc) is 2.66. The summed E-state index contributed by atoms with van der Waals surface area (Å²) >= 11 is 3.54. The van der Waals surface area contributed by atoms with E-state index in [1.807, 2.05) is 6.07 Å². The molecule has 1 atom stereocenters. The number of hydrogen-bond acceptors (Lipinski definition) is 3. The molecular formula is C11H10BrO3. The second-order valence-electron chi connectivity index (χ2n) is 3.59. The Labute approximate surface area is 96.5 Å². The minimum Gasteiger partial charge on any atom is -0.454 e. The molecule has 0 bridgehead atoms. The van der Waals surface area contributed by atoms with E-state index in [4.69, 9.17) is 14.2 Å². The number of fused-ring (bicyclic) bond motifs is 3. The molecule has 4 heteroatoms. The zero-order valence-corrected chi connectivity index (χ0v) is 9.67. The summed E-state index contributed by atoms with van der Waals surface area (Å²) in [6.07, 6.45) is 0.722. The highest BCUT2D eigenvalue weighted by atomic mass is 79.9. The molecule has 0 saturated carbocycles. The van der Waals surface area contributed by atoms with Crippen molar-refractivity contribution in [2.45, 2.75) is 12.5 Å². The van der Waals surface area contributed by atoms with Gasteiger partial charge in [-0.25, -0.2) is 0 Å². The van der Waals surface area contributed by atoms with Crippen LogP contribution in [0.3, 0.4) is 0 Å². The summed E-state index contributed by atoms with van der Waals surface area (Å²) in [5, 5.41) is 0. The maximum absolute atomic E-state index is 5.52. The van der Waals surface area contributed by atoms with E-state index in [0.717, 1.165) is 28.0 Å². The highest BCUT2D eigenvalue weighted by Crippen LogP contribution is 2.46. The van der Waals surface area contributed by atoms with E-state index in [1.54, 1.807) is 0 Å². The first kappa shape index (κ1) is 9.48. The van der Waals surface area contributed by atoms with E-state index in [9.17, 15) is 0 Å². The van der Waals surface area contributed by atoms with Crippen molar-refractivity contribution in [3.05, 3.63) is 28.6 Å². The summed E-state index contributed by atoms with van der Waals surface area (Å²) in [4.78, 5) is 0. The van der Waals surface area contributed by atoms with Gasteiger partial charge in [0.1, 0.15) is 0 Å². The van der Waals surface area contributed by atoms with Crippen LogP contribution in [0.2, 0.25) is 0 Å². The fourth-order valence-corrected chi connectivity index (χ4v) is 2.68. The van der Waals surface area contributed by atoms with Gasteiger partial charge >= 0.3 is 0 Å². The van der Waals surface area contributed by atoms with Crippen molar-refractivity contribution in [3.63, 3.8) is 0 Å². The van der Waals surface area contributed by atoms with Crippen molar-refractivity contribution in [2.75, 3.05) is 13.4 Å². The summed E-state index contributed by atoms with van der Waals surface area (Å²) in [6.45, 7) is 4.97. The molecule has 3 rings (SSSR count). The quantitative estimate of drug-likeness (QED) is 0.725. The molecule has 2 heterocycles. The van der Waals surface area contributed by atoms with Gasteiger partial charge in [0, 0.05) is 10.0 Å². The molecule has 0 aromatic heterocycles. The van der Waals surface area contributed by atoms with Crippen molar-refractivity contribution in [1.29, 1.82) is 0 Å². The molecule has 1 radical (unpaired) electrons. The molecule has 1 unspecified atom stereocenters. The molecule has 0 spiro atoms. The second-order valence-corrected chi connectivity index (χ2v) is 4.45. The van der Waals surface area contributed by atoms with Gasteiger partial charge in [-0.1, -0.05) is 15.9 Å². The molecular weight excluding hydrogens is 260 g/mol. The molecule has 0 aliphatic carbocycles. The molecule has 0 fully saturated rings. The van der Waals surface area contributed by atoms with Crippen LogP contribution in [0.5, 0.6) is 11.5 Å². The van der Waals surface area contributed by atoms with Crippen LogP contribution < -0.4 is 9.47 Å². The Morgan fingerprint density at radius 2 is 2.27 bits per heavy atom. The molecule has 1 aromatic rings. The zero-order valence-electron chi connectivity index (χ0n) is 8.09. The van der Waals surface area contributed by atoms with Gasteiger partial charge in [0.15, 0.2) is 11.5 Å². The van der Waals surface area contributed by atoms with Crippen molar-refractivity contribution in [2.24, 2.45) is 0 Å². The lowest BCUT2D eigenvalue weighted by Gasteiger charge is -2.25. The third-order valence-electron chi connectivity index (χ3n) is 2.75. The molecule has 0 N–H and O–H groups in total. The number of rotatable bonds is 0. The molecule has 79 valence electrons. The summed E-state index contributed by atoms with van der Waals surface area (Å²) in [5.41, 5.74) is 2.26. The summed E-state index contributed by atoms with van der Waals surface area (Å²) in [7, 11) is 0.